The van der Waals surface area contributed by atoms with Crippen LogP contribution >= 0.6 is 0 Å². The van der Waals surface area contributed by atoms with Crippen LogP contribution in [-0.4, -0.2) is 65.5 Å². The van der Waals surface area contributed by atoms with Gasteiger partial charge in [0.25, 0.3) is 0 Å². The molecule has 1 aliphatic carbocycles. The summed E-state index contributed by atoms with van der Waals surface area (Å²) in [6.07, 6.45) is 7.80. The van der Waals surface area contributed by atoms with E-state index in [4.69, 9.17) is 19.4 Å². The smallest absolute Gasteiger partial charge is 0.475 e. The highest BCUT2D eigenvalue weighted by molar-refractivity contribution is 5.80. The highest BCUT2D eigenvalue weighted by Gasteiger charge is 2.47. The Bertz CT molecular complexity index is 825. The first kappa shape index (κ1) is 25.2. The van der Waals surface area contributed by atoms with E-state index in [1.807, 2.05) is 18.3 Å². The zero-order chi connectivity index (χ0) is 23.9. The highest BCUT2D eigenvalue weighted by Crippen LogP contribution is 2.41. The molecule has 3 aliphatic rings. The second kappa shape index (κ2) is 11.1. The predicted octanol–water partition coefficient (Wildman–Crippen LogP) is 3.60. The van der Waals surface area contributed by atoms with Gasteiger partial charge in [-0.25, -0.2) is 4.79 Å². The van der Waals surface area contributed by atoms with Gasteiger partial charge in [-0.3, -0.25) is 9.78 Å². The second-order valence-electron chi connectivity index (χ2n) is 8.67. The number of nitrogens with zero attached hydrogens (tertiary/aromatic N) is 2. The van der Waals surface area contributed by atoms with Crippen molar-refractivity contribution in [2.75, 3.05) is 26.3 Å². The monoisotopic (exact) mass is 470 g/mol. The molecule has 1 N–H and O–H groups in total. The van der Waals surface area contributed by atoms with Crippen LogP contribution in [0, 0.1) is 11.3 Å². The number of aromatic nitrogens is 1. The van der Waals surface area contributed by atoms with E-state index in [2.05, 4.69) is 22.0 Å². The zero-order valence-corrected chi connectivity index (χ0v) is 18.3. The van der Waals surface area contributed by atoms with Crippen LogP contribution in [0.25, 0.3) is 0 Å². The number of carbonyl (C=O) groups excluding carboxylic acids is 1. The van der Waals surface area contributed by atoms with Crippen molar-refractivity contribution in [1.29, 1.82) is 0 Å². The molecule has 2 aliphatic heterocycles. The first-order chi connectivity index (χ1) is 15.7. The van der Waals surface area contributed by atoms with E-state index in [9.17, 15) is 18.0 Å². The summed E-state index contributed by atoms with van der Waals surface area (Å²) < 4.78 is 43.9. The minimum absolute atomic E-state index is 0.0690. The van der Waals surface area contributed by atoms with E-state index in [-0.39, 0.29) is 17.4 Å². The lowest BCUT2D eigenvalue weighted by Gasteiger charge is -2.50. The Morgan fingerprint density at radius 3 is 2.67 bits per heavy atom. The van der Waals surface area contributed by atoms with Crippen molar-refractivity contribution in [1.82, 2.24) is 9.88 Å². The molecule has 7 nitrogen and oxygen atoms in total. The fourth-order valence-electron chi connectivity index (χ4n) is 4.62. The lowest BCUT2D eigenvalue weighted by molar-refractivity contribution is -0.192. The van der Waals surface area contributed by atoms with Crippen LogP contribution in [-0.2, 0) is 25.7 Å². The predicted molar refractivity (Wildman–Crippen MR) is 112 cm³/mol. The molecule has 182 valence electrons. The van der Waals surface area contributed by atoms with Gasteiger partial charge in [-0.15, -0.1) is 0 Å². The largest absolute Gasteiger partial charge is 0.490 e. The van der Waals surface area contributed by atoms with Gasteiger partial charge in [0.15, 0.2) is 0 Å². The number of hydrogen-bond acceptors (Lipinski definition) is 5. The van der Waals surface area contributed by atoms with Gasteiger partial charge in [0.05, 0.1) is 19.3 Å². The van der Waals surface area contributed by atoms with Gasteiger partial charge in [-0.2, -0.15) is 13.2 Å². The van der Waals surface area contributed by atoms with Crippen LogP contribution in [0.4, 0.5) is 13.2 Å². The number of alkyl halides is 3. The first-order valence-corrected chi connectivity index (χ1v) is 11.0. The second-order valence-corrected chi connectivity index (χ2v) is 8.67. The standard InChI is InChI=1S/C21H28N2O3.C2HF3O2/c24-20(18-6-1-2-7-18)23-11-8-19-21(15-23,9-4-12-26-19)16-25-14-17-5-3-10-22-13-17;3-2(4,5)1(6)7/h1-3,5,10,13,18-19H,4,6-9,11-12,14-16H2;(H,6,7). The van der Waals surface area contributed by atoms with E-state index in [0.717, 1.165) is 57.4 Å². The van der Waals surface area contributed by atoms with Gasteiger partial charge in [0.2, 0.25) is 5.91 Å². The SMILES string of the molecule is O=C(C1CC=CC1)N1CCC2OCCCC2(COCc2cccnc2)C1.O=C(O)C(F)(F)F. The molecule has 0 radical (unpaired) electrons. The van der Waals surface area contributed by atoms with Gasteiger partial charge < -0.3 is 19.5 Å². The average molecular weight is 470 g/mol. The Balaban J connectivity index is 0.000000383. The van der Waals surface area contributed by atoms with E-state index in [1.165, 1.54) is 0 Å². The normalized spacial score (nSPS) is 25.2. The molecule has 1 aromatic rings. The van der Waals surface area contributed by atoms with Crippen molar-refractivity contribution in [3.8, 4) is 0 Å². The summed E-state index contributed by atoms with van der Waals surface area (Å²) >= 11 is 0. The maximum Gasteiger partial charge on any atom is 0.490 e. The number of carboxylic acid groups (broad SMARTS) is 1. The molecule has 10 heteroatoms. The number of aliphatic carboxylic acids is 1. The summed E-state index contributed by atoms with van der Waals surface area (Å²) in [6, 6.07) is 3.96. The van der Waals surface area contributed by atoms with Crippen molar-refractivity contribution in [3.63, 3.8) is 0 Å². The maximum atomic E-state index is 12.9. The zero-order valence-electron chi connectivity index (χ0n) is 18.3. The Kier molecular flexibility index (Phi) is 8.47. The molecular weight excluding hydrogens is 441 g/mol. The van der Waals surface area contributed by atoms with E-state index >= 15 is 0 Å². The first-order valence-electron chi connectivity index (χ1n) is 11.0. The quantitative estimate of drug-likeness (QED) is 0.662. The molecule has 0 saturated carbocycles. The minimum Gasteiger partial charge on any atom is -0.475 e. The van der Waals surface area contributed by atoms with Crippen LogP contribution in [0.1, 0.15) is 37.7 Å². The molecule has 3 heterocycles. The number of likely N-dealkylation sites (tertiary alicyclic amines) is 1. The molecule has 2 fully saturated rings. The number of hydrogen-bond donors (Lipinski definition) is 1. The molecule has 0 bridgehead atoms. The number of carbonyl (C=O) groups is 2. The lowest BCUT2D eigenvalue weighted by Crippen LogP contribution is -2.58. The third kappa shape index (κ3) is 6.77. The number of rotatable bonds is 5. The Hall–Kier alpha value is -2.46. The van der Waals surface area contributed by atoms with E-state index < -0.39 is 12.1 Å². The van der Waals surface area contributed by atoms with Gasteiger partial charge in [-0.1, -0.05) is 18.2 Å². The maximum absolute atomic E-state index is 12.9. The minimum atomic E-state index is -5.08. The van der Waals surface area contributed by atoms with Crippen molar-refractivity contribution in [3.05, 3.63) is 42.2 Å². The van der Waals surface area contributed by atoms with Crippen LogP contribution in [0.5, 0.6) is 0 Å². The third-order valence-electron chi connectivity index (χ3n) is 6.28. The number of allylic oxidation sites excluding steroid dienone is 2. The fraction of sp³-hybridized carbons (Fsp3) is 0.609. The number of carboxylic acids is 1. The van der Waals surface area contributed by atoms with Crippen LogP contribution in [0.3, 0.4) is 0 Å². The van der Waals surface area contributed by atoms with Crippen molar-refractivity contribution >= 4 is 11.9 Å². The molecule has 2 unspecified atom stereocenters. The number of fused-ring (bicyclic) bond motifs is 1. The Morgan fingerprint density at radius 2 is 2.03 bits per heavy atom. The fourth-order valence-corrected chi connectivity index (χ4v) is 4.62. The number of piperidine rings is 1. The molecule has 2 saturated heterocycles. The summed E-state index contributed by atoms with van der Waals surface area (Å²) in [5, 5.41) is 7.12. The topological polar surface area (TPSA) is 89.0 Å². The Morgan fingerprint density at radius 1 is 1.30 bits per heavy atom. The van der Waals surface area contributed by atoms with Gasteiger partial charge in [0, 0.05) is 43.4 Å². The molecule has 4 rings (SSSR count). The summed E-state index contributed by atoms with van der Waals surface area (Å²) in [5.41, 5.74) is 1.01. The summed E-state index contributed by atoms with van der Waals surface area (Å²) in [4.78, 5) is 28.0. The third-order valence-corrected chi connectivity index (χ3v) is 6.28. The molecule has 2 atom stereocenters. The van der Waals surface area contributed by atoms with Gasteiger partial charge in [0.1, 0.15) is 0 Å². The number of ether oxygens (including phenoxy) is 2. The van der Waals surface area contributed by atoms with Gasteiger partial charge in [-0.05, 0) is 43.7 Å². The van der Waals surface area contributed by atoms with Gasteiger partial charge >= 0.3 is 12.1 Å². The van der Waals surface area contributed by atoms with Crippen molar-refractivity contribution < 1.29 is 37.3 Å². The molecule has 33 heavy (non-hydrogen) atoms. The van der Waals surface area contributed by atoms with E-state index in [0.29, 0.717) is 19.1 Å². The molecule has 1 aromatic heterocycles. The summed E-state index contributed by atoms with van der Waals surface area (Å²) in [5.74, 6) is -2.30. The summed E-state index contributed by atoms with van der Waals surface area (Å²) in [7, 11) is 0. The number of halogens is 3. The molecular formula is C23H29F3N2O5. The van der Waals surface area contributed by atoms with Crippen molar-refractivity contribution in [2.45, 2.75) is 51.0 Å². The van der Waals surface area contributed by atoms with Crippen LogP contribution in [0.15, 0.2) is 36.7 Å². The van der Waals surface area contributed by atoms with E-state index in [1.54, 1.807) is 6.20 Å². The molecule has 1 amide bonds. The molecule has 0 aromatic carbocycles. The Labute approximate surface area is 190 Å². The highest BCUT2D eigenvalue weighted by atomic mass is 19.4. The molecule has 0 spiro atoms. The lowest BCUT2D eigenvalue weighted by atomic mass is 9.72. The summed E-state index contributed by atoms with van der Waals surface area (Å²) in [6.45, 7) is 3.60. The average Bonchev–Trinajstić information content (AvgIpc) is 3.33. The number of pyridine rings is 1. The number of amides is 1. The van der Waals surface area contributed by atoms with Crippen molar-refractivity contribution in [2.24, 2.45) is 11.3 Å². The van der Waals surface area contributed by atoms with Crippen LogP contribution < -0.4 is 0 Å². The van der Waals surface area contributed by atoms with Crippen LogP contribution in [0.2, 0.25) is 0 Å².